The lowest BCUT2D eigenvalue weighted by Crippen LogP contribution is -2.42. The van der Waals surface area contributed by atoms with Crippen molar-refractivity contribution in [3.8, 4) is 5.75 Å². The van der Waals surface area contributed by atoms with Crippen molar-refractivity contribution >= 4 is 5.78 Å². The summed E-state index contributed by atoms with van der Waals surface area (Å²) in [6.07, 6.45) is -0.576. The van der Waals surface area contributed by atoms with E-state index in [0.717, 1.165) is 13.1 Å². The predicted octanol–water partition coefficient (Wildman–Crippen LogP) is 0.961. The van der Waals surface area contributed by atoms with E-state index in [0.29, 0.717) is 31.1 Å². The van der Waals surface area contributed by atoms with Crippen LogP contribution < -0.4 is 4.74 Å². The van der Waals surface area contributed by atoms with E-state index in [2.05, 4.69) is 4.90 Å². The van der Waals surface area contributed by atoms with Crippen LogP contribution in [0.4, 0.5) is 0 Å². The first-order valence-corrected chi connectivity index (χ1v) is 6.88. The molecule has 0 bridgehead atoms. The molecule has 0 radical (unpaired) electrons. The Hall–Kier alpha value is -1.43. The number of aliphatic hydroxyl groups is 1. The van der Waals surface area contributed by atoms with Crippen LogP contribution in [0.1, 0.15) is 17.3 Å². The van der Waals surface area contributed by atoms with Crippen molar-refractivity contribution in [2.45, 2.75) is 13.0 Å². The van der Waals surface area contributed by atoms with Gasteiger partial charge in [-0.05, 0) is 19.1 Å². The van der Waals surface area contributed by atoms with Gasteiger partial charge in [-0.25, -0.2) is 0 Å². The van der Waals surface area contributed by atoms with Gasteiger partial charge in [0.05, 0.1) is 18.8 Å². The minimum Gasteiger partial charge on any atom is -0.490 e. The maximum atomic E-state index is 11.5. The molecule has 0 amide bonds. The summed E-state index contributed by atoms with van der Waals surface area (Å²) >= 11 is 0. The monoisotopic (exact) mass is 279 g/mol. The molecule has 20 heavy (non-hydrogen) atoms. The standard InChI is InChI=1S/C15H21NO4/c1-12(17)14-4-2-3-5-15(14)20-11-13(18)10-16-6-8-19-9-7-16/h2-5,13,18H,6-11H2,1H3/t13-/m1/s1. The van der Waals surface area contributed by atoms with Crippen LogP contribution in [0.25, 0.3) is 0 Å². The van der Waals surface area contributed by atoms with Crippen LogP contribution in [0.5, 0.6) is 5.75 Å². The second kappa shape index (κ2) is 7.38. The molecular formula is C15H21NO4. The van der Waals surface area contributed by atoms with E-state index in [-0.39, 0.29) is 12.4 Å². The van der Waals surface area contributed by atoms with Gasteiger partial charge in [0.1, 0.15) is 18.5 Å². The van der Waals surface area contributed by atoms with E-state index < -0.39 is 6.10 Å². The third-order valence-corrected chi connectivity index (χ3v) is 3.27. The fraction of sp³-hybridized carbons (Fsp3) is 0.533. The maximum absolute atomic E-state index is 11.5. The molecule has 1 aromatic rings. The summed E-state index contributed by atoms with van der Waals surface area (Å²) in [4.78, 5) is 13.6. The van der Waals surface area contributed by atoms with E-state index in [4.69, 9.17) is 9.47 Å². The van der Waals surface area contributed by atoms with Gasteiger partial charge in [-0.3, -0.25) is 9.69 Å². The van der Waals surface area contributed by atoms with Crippen LogP contribution in [-0.2, 0) is 4.74 Å². The molecule has 0 unspecified atom stereocenters. The van der Waals surface area contributed by atoms with E-state index in [1.807, 2.05) is 6.07 Å². The Morgan fingerprint density at radius 2 is 2.10 bits per heavy atom. The van der Waals surface area contributed by atoms with Crippen LogP contribution in [0.3, 0.4) is 0 Å². The summed E-state index contributed by atoms with van der Waals surface area (Å²) < 4.78 is 10.8. The Bertz CT molecular complexity index is 443. The SMILES string of the molecule is CC(=O)c1ccccc1OC[C@H](O)CN1CCOCC1. The lowest BCUT2D eigenvalue weighted by atomic mass is 10.1. The second-order valence-corrected chi connectivity index (χ2v) is 4.93. The Morgan fingerprint density at radius 3 is 2.80 bits per heavy atom. The van der Waals surface area contributed by atoms with Crippen LogP contribution in [0.15, 0.2) is 24.3 Å². The number of ether oxygens (including phenoxy) is 2. The highest BCUT2D eigenvalue weighted by Crippen LogP contribution is 2.18. The maximum Gasteiger partial charge on any atom is 0.163 e. The number of morpholine rings is 1. The lowest BCUT2D eigenvalue weighted by Gasteiger charge is -2.28. The molecule has 0 aromatic heterocycles. The van der Waals surface area contributed by atoms with Gasteiger partial charge in [0.2, 0.25) is 0 Å². The molecule has 1 aliphatic heterocycles. The van der Waals surface area contributed by atoms with E-state index >= 15 is 0 Å². The fourth-order valence-electron chi connectivity index (χ4n) is 2.20. The Labute approximate surface area is 119 Å². The smallest absolute Gasteiger partial charge is 0.163 e. The highest BCUT2D eigenvalue weighted by Gasteiger charge is 2.16. The molecular weight excluding hydrogens is 258 g/mol. The first kappa shape index (κ1) is 15.0. The summed E-state index contributed by atoms with van der Waals surface area (Å²) in [6.45, 7) is 5.34. The number of carbonyl (C=O) groups excluding carboxylic acids is 1. The highest BCUT2D eigenvalue weighted by molar-refractivity contribution is 5.96. The average molecular weight is 279 g/mol. The number of rotatable bonds is 6. The number of para-hydroxylation sites is 1. The number of ketones is 1. The Morgan fingerprint density at radius 1 is 1.40 bits per heavy atom. The lowest BCUT2D eigenvalue weighted by molar-refractivity contribution is 0.00457. The molecule has 1 N–H and O–H groups in total. The molecule has 2 rings (SSSR count). The zero-order valence-electron chi connectivity index (χ0n) is 11.7. The predicted molar refractivity (Wildman–Crippen MR) is 75.2 cm³/mol. The number of carbonyl (C=O) groups is 1. The second-order valence-electron chi connectivity index (χ2n) is 4.93. The molecule has 5 heteroatoms. The van der Waals surface area contributed by atoms with Gasteiger partial charge in [0.15, 0.2) is 5.78 Å². The average Bonchev–Trinajstić information content (AvgIpc) is 2.46. The number of aliphatic hydroxyl groups excluding tert-OH is 1. The third-order valence-electron chi connectivity index (χ3n) is 3.27. The van der Waals surface area contributed by atoms with Gasteiger partial charge < -0.3 is 14.6 Å². The minimum absolute atomic E-state index is 0.0386. The summed E-state index contributed by atoms with van der Waals surface area (Å²) in [5.74, 6) is 0.490. The first-order chi connectivity index (χ1) is 9.66. The molecule has 0 saturated carbocycles. The van der Waals surface area contributed by atoms with Crippen molar-refractivity contribution in [3.63, 3.8) is 0 Å². The summed E-state index contributed by atoms with van der Waals surface area (Å²) in [5, 5.41) is 10.00. The van der Waals surface area contributed by atoms with Gasteiger partial charge in [-0.1, -0.05) is 12.1 Å². The van der Waals surface area contributed by atoms with Gasteiger partial charge in [-0.2, -0.15) is 0 Å². The number of benzene rings is 1. The summed E-state index contributed by atoms with van der Waals surface area (Å²) in [5.41, 5.74) is 0.547. The largest absolute Gasteiger partial charge is 0.490 e. The number of β-amino-alcohol motifs (C(OH)–C–C–N with tert-alkyl or cyclic N) is 1. The molecule has 0 aliphatic carbocycles. The number of nitrogens with zero attached hydrogens (tertiary/aromatic N) is 1. The summed E-state index contributed by atoms with van der Waals surface area (Å²) in [6, 6.07) is 7.09. The van der Waals surface area contributed by atoms with Crippen molar-refractivity contribution in [2.75, 3.05) is 39.5 Å². The van der Waals surface area contributed by atoms with Crippen LogP contribution in [-0.4, -0.2) is 61.3 Å². The normalized spacial score (nSPS) is 17.7. The number of hydrogen-bond donors (Lipinski definition) is 1. The molecule has 0 spiro atoms. The quantitative estimate of drug-likeness (QED) is 0.786. The van der Waals surface area contributed by atoms with Gasteiger partial charge in [0, 0.05) is 19.6 Å². The number of hydrogen-bond acceptors (Lipinski definition) is 5. The summed E-state index contributed by atoms with van der Waals surface area (Å²) in [7, 11) is 0. The molecule has 1 aliphatic rings. The fourth-order valence-corrected chi connectivity index (χ4v) is 2.20. The van der Waals surface area contributed by atoms with Crippen molar-refractivity contribution in [1.82, 2.24) is 4.90 Å². The zero-order valence-corrected chi connectivity index (χ0v) is 11.7. The highest BCUT2D eigenvalue weighted by atomic mass is 16.5. The molecule has 1 fully saturated rings. The molecule has 110 valence electrons. The Kier molecular flexibility index (Phi) is 5.52. The van der Waals surface area contributed by atoms with Crippen LogP contribution in [0, 0.1) is 0 Å². The van der Waals surface area contributed by atoms with Gasteiger partial charge >= 0.3 is 0 Å². The van der Waals surface area contributed by atoms with Crippen molar-refractivity contribution in [1.29, 1.82) is 0 Å². The van der Waals surface area contributed by atoms with Crippen molar-refractivity contribution in [2.24, 2.45) is 0 Å². The van der Waals surface area contributed by atoms with Crippen LogP contribution in [0.2, 0.25) is 0 Å². The van der Waals surface area contributed by atoms with Crippen molar-refractivity contribution < 1.29 is 19.4 Å². The molecule has 5 nitrogen and oxygen atoms in total. The van der Waals surface area contributed by atoms with E-state index in [9.17, 15) is 9.90 Å². The molecule has 1 heterocycles. The van der Waals surface area contributed by atoms with E-state index in [1.54, 1.807) is 18.2 Å². The topological polar surface area (TPSA) is 59.0 Å². The number of Topliss-reactive ketones (excluding diaryl/α,β-unsaturated/α-hetero) is 1. The van der Waals surface area contributed by atoms with Gasteiger partial charge in [-0.15, -0.1) is 0 Å². The van der Waals surface area contributed by atoms with Crippen LogP contribution >= 0.6 is 0 Å². The molecule has 1 aromatic carbocycles. The van der Waals surface area contributed by atoms with Crippen molar-refractivity contribution in [3.05, 3.63) is 29.8 Å². The third kappa shape index (κ3) is 4.30. The molecule has 1 saturated heterocycles. The first-order valence-electron chi connectivity index (χ1n) is 6.88. The zero-order chi connectivity index (χ0) is 14.4. The van der Waals surface area contributed by atoms with E-state index in [1.165, 1.54) is 6.92 Å². The molecule has 1 atom stereocenters. The Balaban J connectivity index is 1.83. The minimum atomic E-state index is -0.576. The van der Waals surface area contributed by atoms with Gasteiger partial charge in [0.25, 0.3) is 0 Å².